The van der Waals surface area contributed by atoms with Crippen LogP contribution >= 0.6 is 0 Å². The Hall–Kier alpha value is -2.33. The van der Waals surface area contributed by atoms with Crippen molar-refractivity contribution in [1.82, 2.24) is 0 Å². The predicted octanol–water partition coefficient (Wildman–Crippen LogP) is 3.86. The van der Waals surface area contributed by atoms with Gasteiger partial charge in [-0.2, -0.15) is 0 Å². The maximum absolute atomic E-state index is 12.5. The lowest BCUT2D eigenvalue weighted by atomic mass is 10.1. The maximum Gasteiger partial charge on any atom is 0.178 e. The van der Waals surface area contributed by atoms with Crippen molar-refractivity contribution >= 4 is 20.6 Å². The molecule has 0 fully saturated rings. The molecule has 3 nitrogen and oxygen atoms in total. The van der Waals surface area contributed by atoms with Gasteiger partial charge in [0, 0.05) is 0 Å². The Kier molecular flexibility index (Phi) is 4.35. The summed E-state index contributed by atoms with van der Waals surface area (Å²) >= 11 is 0. The van der Waals surface area contributed by atoms with Gasteiger partial charge in [0.15, 0.2) is 9.84 Å². The minimum Gasteiger partial charge on any atom is -0.497 e. The smallest absolute Gasteiger partial charge is 0.178 e. The third-order valence-corrected chi connectivity index (χ3v) is 5.61. The number of hydrogen-bond acceptors (Lipinski definition) is 3. The van der Waals surface area contributed by atoms with Gasteiger partial charge in [-0.3, -0.25) is 0 Å². The zero-order chi connectivity index (χ0) is 16.3. The fourth-order valence-corrected chi connectivity index (χ4v) is 3.85. The molecule has 118 valence electrons. The van der Waals surface area contributed by atoms with Gasteiger partial charge in [0.2, 0.25) is 0 Å². The van der Waals surface area contributed by atoms with Crippen LogP contribution in [0.3, 0.4) is 0 Å². The van der Waals surface area contributed by atoms with Gasteiger partial charge in [-0.25, -0.2) is 8.42 Å². The number of sulfone groups is 1. The fourth-order valence-electron chi connectivity index (χ4n) is 2.52. The lowest BCUT2D eigenvalue weighted by molar-refractivity contribution is 0.414. The number of methoxy groups -OCH3 is 1. The van der Waals surface area contributed by atoms with E-state index in [1.807, 2.05) is 54.6 Å². The second-order valence-electron chi connectivity index (χ2n) is 5.43. The van der Waals surface area contributed by atoms with E-state index < -0.39 is 9.84 Å². The first-order valence-corrected chi connectivity index (χ1v) is 9.08. The molecule has 0 bridgehead atoms. The highest BCUT2D eigenvalue weighted by Gasteiger charge is 2.15. The lowest BCUT2D eigenvalue weighted by Crippen LogP contribution is -2.09. The molecule has 0 aliphatic carbocycles. The first-order chi connectivity index (χ1) is 11.1. The molecule has 0 aliphatic heterocycles. The Morgan fingerprint density at radius 2 is 1.57 bits per heavy atom. The molecule has 3 aromatic rings. The van der Waals surface area contributed by atoms with Crippen molar-refractivity contribution in [2.24, 2.45) is 0 Å². The van der Waals surface area contributed by atoms with Gasteiger partial charge in [0.1, 0.15) is 5.75 Å². The third-order valence-electron chi connectivity index (χ3n) is 3.90. The quantitative estimate of drug-likeness (QED) is 0.715. The summed E-state index contributed by atoms with van der Waals surface area (Å²) in [6.45, 7) is 0. The molecule has 3 rings (SSSR count). The number of ether oxygens (including phenoxy) is 1. The van der Waals surface area contributed by atoms with E-state index in [1.165, 1.54) is 0 Å². The number of aryl methyl sites for hydroxylation is 1. The van der Waals surface area contributed by atoms with Crippen LogP contribution in [-0.2, 0) is 16.3 Å². The molecule has 0 saturated carbocycles. The average molecular weight is 326 g/mol. The second-order valence-corrected chi connectivity index (χ2v) is 7.54. The van der Waals surface area contributed by atoms with Crippen LogP contribution in [0.1, 0.15) is 5.56 Å². The first-order valence-electron chi connectivity index (χ1n) is 7.43. The summed E-state index contributed by atoms with van der Waals surface area (Å²) in [7, 11) is -1.69. The lowest BCUT2D eigenvalue weighted by Gasteiger charge is -2.07. The summed E-state index contributed by atoms with van der Waals surface area (Å²) in [6.07, 6.45) is 0.485. The van der Waals surface area contributed by atoms with Crippen LogP contribution in [0.25, 0.3) is 10.8 Å². The van der Waals surface area contributed by atoms with Gasteiger partial charge >= 0.3 is 0 Å². The molecule has 0 spiro atoms. The normalized spacial score (nSPS) is 11.5. The van der Waals surface area contributed by atoms with Gasteiger partial charge in [-0.1, -0.05) is 42.5 Å². The third kappa shape index (κ3) is 3.54. The minimum atomic E-state index is -3.30. The fraction of sp³-hybridized carbons (Fsp3) is 0.158. The zero-order valence-electron chi connectivity index (χ0n) is 12.9. The number of fused-ring (bicyclic) bond motifs is 1. The Labute approximate surface area is 136 Å². The van der Waals surface area contributed by atoms with Crippen LogP contribution < -0.4 is 4.74 Å². The molecule has 0 saturated heterocycles. The molecule has 23 heavy (non-hydrogen) atoms. The minimum absolute atomic E-state index is 0.0949. The van der Waals surface area contributed by atoms with Crippen molar-refractivity contribution in [3.8, 4) is 5.75 Å². The van der Waals surface area contributed by atoms with E-state index >= 15 is 0 Å². The average Bonchev–Trinajstić information content (AvgIpc) is 2.60. The summed E-state index contributed by atoms with van der Waals surface area (Å²) in [5.74, 6) is 0.864. The van der Waals surface area contributed by atoms with Crippen molar-refractivity contribution < 1.29 is 13.2 Å². The molecule has 0 aromatic heterocycles. The van der Waals surface area contributed by atoms with E-state index in [1.54, 1.807) is 19.2 Å². The van der Waals surface area contributed by atoms with Crippen molar-refractivity contribution in [2.45, 2.75) is 11.3 Å². The van der Waals surface area contributed by atoms with Crippen molar-refractivity contribution in [2.75, 3.05) is 12.9 Å². The summed E-state index contributed by atoms with van der Waals surface area (Å²) in [4.78, 5) is 0.379. The van der Waals surface area contributed by atoms with E-state index in [4.69, 9.17) is 4.74 Å². The van der Waals surface area contributed by atoms with E-state index in [2.05, 4.69) is 0 Å². The summed E-state index contributed by atoms with van der Waals surface area (Å²) in [5, 5.41) is 1.99. The summed E-state index contributed by atoms with van der Waals surface area (Å²) in [5.41, 5.74) is 0.982. The molecule has 0 unspecified atom stereocenters. The molecule has 0 heterocycles. The van der Waals surface area contributed by atoms with Crippen LogP contribution in [0.2, 0.25) is 0 Å². The summed E-state index contributed by atoms with van der Waals surface area (Å²) < 4.78 is 30.2. The Morgan fingerprint density at radius 3 is 2.26 bits per heavy atom. The van der Waals surface area contributed by atoms with E-state index in [9.17, 15) is 8.42 Å². The predicted molar refractivity (Wildman–Crippen MR) is 92.7 cm³/mol. The van der Waals surface area contributed by atoms with E-state index in [0.29, 0.717) is 11.3 Å². The Balaban J connectivity index is 1.79. The maximum atomic E-state index is 12.5. The molecular formula is C19H18O3S. The van der Waals surface area contributed by atoms with Gasteiger partial charge in [0.25, 0.3) is 0 Å². The standard InChI is InChI=1S/C19H18O3S/c1-22-18-9-6-15(7-10-18)12-13-23(20,21)19-11-8-16-4-2-3-5-17(16)14-19/h2-11,14H,12-13H2,1H3. The Morgan fingerprint density at radius 1 is 0.870 bits per heavy atom. The van der Waals surface area contributed by atoms with Gasteiger partial charge in [-0.15, -0.1) is 0 Å². The van der Waals surface area contributed by atoms with Crippen LogP contribution in [0, 0.1) is 0 Å². The topological polar surface area (TPSA) is 43.4 Å². The highest BCUT2D eigenvalue weighted by molar-refractivity contribution is 7.91. The molecule has 0 N–H and O–H groups in total. The molecular weight excluding hydrogens is 308 g/mol. The first kappa shape index (κ1) is 15.6. The molecule has 0 amide bonds. The number of benzene rings is 3. The highest BCUT2D eigenvalue weighted by Crippen LogP contribution is 2.21. The number of hydrogen-bond donors (Lipinski definition) is 0. The van der Waals surface area contributed by atoms with Crippen LogP contribution in [0.5, 0.6) is 5.75 Å². The number of rotatable bonds is 5. The van der Waals surface area contributed by atoms with E-state index in [0.717, 1.165) is 22.1 Å². The van der Waals surface area contributed by atoms with Crippen LogP contribution in [-0.4, -0.2) is 21.3 Å². The molecule has 0 atom stereocenters. The molecule has 3 aromatic carbocycles. The van der Waals surface area contributed by atoms with Gasteiger partial charge in [0.05, 0.1) is 17.8 Å². The largest absolute Gasteiger partial charge is 0.497 e. The second kappa shape index (κ2) is 6.42. The van der Waals surface area contributed by atoms with Gasteiger partial charge < -0.3 is 4.74 Å². The molecule has 4 heteroatoms. The Bertz CT molecular complexity index is 913. The van der Waals surface area contributed by atoms with Gasteiger partial charge in [-0.05, 0) is 47.0 Å². The van der Waals surface area contributed by atoms with Crippen molar-refractivity contribution in [3.05, 3.63) is 72.3 Å². The zero-order valence-corrected chi connectivity index (χ0v) is 13.7. The van der Waals surface area contributed by atoms with Crippen molar-refractivity contribution in [1.29, 1.82) is 0 Å². The SMILES string of the molecule is COc1ccc(CCS(=O)(=O)c2ccc3ccccc3c2)cc1. The van der Waals surface area contributed by atoms with Crippen LogP contribution in [0.4, 0.5) is 0 Å². The highest BCUT2D eigenvalue weighted by atomic mass is 32.2. The summed E-state index contributed by atoms with van der Waals surface area (Å²) in [6, 6.07) is 20.5. The van der Waals surface area contributed by atoms with Crippen molar-refractivity contribution in [3.63, 3.8) is 0 Å². The van der Waals surface area contributed by atoms with Crippen LogP contribution in [0.15, 0.2) is 71.6 Å². The molecule has 0 aliphatic rings. The molecule has 0 radical (unpaired) electrons. The van der Waals surface area contributed by atoms with E-state index in [-0.39, 0.29) is 5.75 Å². The monoisotopic (exact) mass is 326 g/mol.